The van der Waals surface area contributed by atoms with E-state index < -0.39 is 15.1 Å². The van der Waals surface area contributed by atoms with E-state index >= 15 is 0 Å². The van der Waals surface area contributed by atoms with Crippen LogP contribution in [0.25, 0.3) is 0 Å². The van der Waals surface area contributed by atoms with Crippen LogP contribution in [0.15, 0.2) is 36.7 Å². The minimum atomic E-state index is -3.23. The molecule has 3 heterocycles. The normalized spacial score (nSPS) is 22.0. The van der Waals surface area contributed by atoms with Crippen molar-refractivity contribution in [3.8, 4) is 0 Å². The fourth-order valence-electron chi connectivity index (χ4n) is 3.47. The SMILES string of the molecule is O=S1(=O)CCN(c2cc(N3CCc4ccccc43)ncn2)CC1CO. The Balaban J connectivity index is 1.61. The molecule has 1 fully saturated rings. The Morgan fingerprint density at radius 1 is 1.16 bits per heavy atom. The predicted octanol–water partition coefficient (Wildman–Crippen LogP) is 0.766. The number of aliphatic hydroxyl groups is 1. The summed E-state index contributed by atoms with van der Waals surface area (Å²) in [4.78, 5) is 12.8. The zero-order valence-electron chi connectivity index (χ0n) is 13.7. The maximum absolute atomic E-state index is 12.0. The smallest absolute Gasteiger partial charge is 0.158 e. The lowest BCUT2D eigenvalue weighted by Crippen LogP contribution is -2.48. The highest BCUT2D eigenvalue weighted by Gasteiger charge is 2.33. The van der Waals surface area contributed by atoms with Crippen LogP contribution in [-0.2, 0) is 16.3 Å². The van der Waals surface area contributed by atoms with E-state index in [0.717, 1.165) is 24.5 Å². The second-order valence-electron chi connectivity index (χ2n) is 6.38. The summed E-state index contributed by atoms with van der Waals surface area (Å²) >= 11 is 0. The molecule has 1 unspecified atom stereocenters. The number of fused-ring (bicyclic) bond motifs is 1. The third kappa shape index (κ3) is 2.96. The van der Waals surface area contributed by atoms with Crippen LogP contribution in [0.3, 0.4) is 0 Å². The fourth-order valence-corrected chi connectivity index (χ4v) is 4.91. The van der Waals surface area contributed by atoms with Gasteiger partial charge in [0.25, 0.3) is 0 Å². The summed E-state index contributed by atoms with van der Waals surface area (Å²) in [6.07, 6.45) is 2.49. The van der Waals surface area contributed by atoms with Crippen molar-refractivity contribution in [1.82, 2.24) is 9.97 Å². The summed E-state index contributed by atoms with van der Waals surface area (Å²) < 4.78 is 24.0. The molecule has 0 bridgehead atoms. The number of hydrogen-bond acceptors (Lipinski definition) is 7. The maximum atomic E-state index is 12.0. The van der Waals surface area contributed by atoms with Crippen molar-refractivity contribution in [2.75, 3.05) is 41.8 Å². The van der Waals surface area contributed by atoms with Crippen molar-refractivity contribution in [2.24, 2.45) is 0 Å². The van der Waals surface area contributed by atoms with Gasteiger partial charge >= 0.3 is 0 Å². The zero-order valence-corrected chi connectivity index (χ0v) is 14.6. The number of nitrogens with zero attached hydrogens (tertiary/aromatic N) is 4. The third-order valence-corrected chi connectivity index (χ3v) is 6.97. The summed E-state index contributed by atoms with van der Waals surface area (Å²) in [5.41, 5.74) is 2.45. The first-order chi connectivity index (χ1) is 12.1. The molecule has 25 heavy (non-hydrogen) atoms. The molecule has 0 spiro atoms. The number of aliphatic hydroxyl groups excluding tert-OH is 1. The number of hydrogen-bond donors (Lipinski definition) is 1. The summed E-state index contributed by atoms with van der Waals surface area (Å²) in [5, 5.41) is 8.62. The van der Waals surface area contributed by atoms with Crippen LogP contribution in [0.5, 0.6) is 0 Å². The Kier molecular flexibility index (Phi) is 4.09. The van der Waals surface area contributed by atoms with Gasteiger partial charge in [0.15, 0.2) is 9.84 Å². The van der Waals surface area contributed by atoms with Gasteiger partial charge in [-0.3, -0.25) is 0 Å². The molecule has 1 aromatic heterocycles. The molecule has 1 atom stereocenters. The molecule has 132 valence electrons. The molecule has 2 aromatic rings. The van der Waals surface area contributed by atoms with Crippen LogP contribution in [0.1, 0.15) is 5.56 Å². The highest BCUT2D eigenvalue weighted by molar-refractivity contribution is 7.92. The summed E-state index contributed by atoms with van der Waals surface area (Å²) in [7, 11) is -3.23. The summed E-state index contributed by atoms with van der Waals surface area (Å²) in [6, 6.07) is 10.2. The highest BCUT2D eigenvalue weighted by atomic mass is 32.2. The number of para-hydroxylation sites is 1. The number of benzene rings is 1. The van der Waals surface area contributed by atoms with E-state index in [-0.39, 0.29) is 18.9 Å². The number of anilines is 3. The van der Waals surface area contributed by atoms with Crippen LogP contribution in [0.4, 0.5) is 17.3 Å². The van der Waals surface area contributed by atoms with E-state index in [9.17, 15) is 13.5 Å². The summed E-state index contributed by atoms with van der Waals surface area (Å²) in [6.45, 7) is 1.14. The van der Waals surface area contributed by atoms with E-state index in [2.05, 4.69) is 27.0 Å². The number of sulfone groups is 1. The monoisotopic (exact) mass is 360 g/mol. The van der Waals surface area contributed by atoms with Crippen LogP contribution in [0, 0.1) is 0 Å². The van der Waals surface area contributed by atoms with Crippen molar-refractivity contribution < 1.29 is 13.5 Å². The molecular formula is C17H20N4O3S. The molecule has 7 nitrogen and oxygen atoms in total. The third-order valence-electron chi connectivity index (χ3n) is 4.91. The molecule has 1 saturated heterocycles. The van der Waals surface area contributed by atoms with Crippen LogP contribution < -0.4 is 9.80 Å². The van der Waals surface area contributed by atoms with Crippen molar-refractivity contribution in [2.45, 2.75) is 11.7 Å². The fraction of sp³-hybridized carbons (Fsp3) is 0.412. The molecule has 1 aromatic carbocycles. The van der Waals surface area contributed by atoms with E-state index in [0.29, 0.717) is 12.4 Å². The van der Waals surface area contributed by atoms with Crippen molar-refractivity contribution in [3.05, 3.63) is 42.2 Å². The molecule has 0 amide bonds. The molecule has 2 aliphatic heterocycles. The van der Waals surface area contributed by atoms with E-state index in [1.165, 1.54) is 11.9 Å². The average Bonchev–Trinajstić information content (AvgIpc) is 3.06. The van der Waals surface area contributed by atoms with E-state index in [1.54, 1.807) is 0 Å². The molecular weight excluding hydrogens is 340 g/mol. The first kappa shape index (κ1) is 16.3. The Hall–Kier alpha value is -2.19. The van der Waals surface area contributed by atoms with Gasteiger partial charge in [-0.05, 0) is 18.1 Å². The first-order valence-corrected chi connectivity index (χ1v) is 10.0. The lowest BCUT2D eigenvalue weighted by atomic mass is 10.2. The molecule has 0 aliphatic carbocycles. The number of aromatic nitrogens is 2. The van der Waals surface area contributed by atoms with Crippen molar-refractivity contribution in [3.63, 3.8) is 0 Å². The van der Waals surface area contributed by atoms with Crippen LogP contribution in [0.2, 0.25) is 0 Å². The van der Waals surface area contributed by atoms with Crippen LogP contribution in [-0.4, -0.2) is 60.7 Å². The zero-order chi connectivity index (χ0) is 17.4. The van der Waals surface area contributed by atoms with Crippen LogP contribution >= 0.6 is 0 Å². The van der Waals surface area contributed by atoms with Crippen molar-refractivity contribution in [1.29, 1.82) is 0 Å². The van der Waals surface area contributed by atoms with Gasteiger partial charge in [0.05, 0.1) is 12.4 Å². The predicted molar refractivity (Wildman–Crippen MR) is 96.1 cm³/mol. The van der Waals surface area contributed by atoms with Gasteiger partial charge in [0, 0.05) is 31.4 Å². The largest absolute Gasteiger partial charge is 0.395 e. The quantitative estimate of drug-likeness (QED) is 0.865. The lowest BCUT2D eigenvalue weighted by Gasteiger charge is -2.32. The van der Waals surface area contributed by atoms with Crippen molar-refractivity contribution >= 4 is 27.2 Å². The van der Waals surface area contributed by atoms with Gasteiger partial charge in [-0.2, -0.15) is 0 Å². The van der Waals surface area contributed by atoms with Gasteiger partial charge in [0.1, 0.15) is 23.2 Å². The molecule has 1 N–H and O–H groups in total. The highest BCUT2D eigenvalue weighted by Crippen LogP contribution is 2.34. The number of rotatable bonds is 3. The minimum Gasteiger partial charge on any atom is -0.395 e. The van der Waals surface area contributed by atoms with Gasteiger partial charge in [-0.1, -0.05) is 18.2 Å². The van der Waals surface area contributed by atoms with Gasteiger partial charge in [0.2, 0.25) is 0 Å². The van der Waals surface area contributed by atoms with Gasteiger partial charge in [-0.25, -0.2) is 18.4 Å². The second kappa shape index (κ2) is 6.27. The Labute approximate surface area is 146 Å². The summed E-state index contributed by atoms with van der Waals surface area (Å²) in [5.74, 6) is 1.54. The van der Waals surface area contributed by atoms with E-state index in [4.69, 9.17) is 0 Å². The Morgan fingerprint density at radius 3 is 2.80 bits per heavy atom. The topological polar surface area (TPSA) is 86.6 Å². The molecule has 0 radical (unpaired) electrons. The van der Waals surface area contributed by atoms with Gasteiger partial charge < -0.3 is 14.9 Å². The lowest BCUT2D eigenvalue weighted by molar-refractivity contribution is 0.288. The van der Waals surface area contributed by atoms with Gasteiger partial charge in [-0.15, -0.1) is 0 Å². The Morgan fingerprint density at radius 2 is 1.96 bits per heavy atom. The Bertz CT molecular complexity index is 887. The standard InChI is InChI=1S/C17H20N4O3S/c22-11-14-10-20(7-8-25(14,23)24)16-9-17(19-12-18-16)21-6-5-13-3-1-2-4-15(13)21/h1-4,9,12,14,22H,5-8,10-11H2. The molecule has 2 aliphatic rings. The second-order valence-corrected chi connectivity index (χ2v) is 8.78. The molecule has 4 rings (SSSR count). The molecule has 8 heteroatoms. The van der Waals surface area contributed by atoms with E-state index in [1.807, 2.05) is 23.1 Å². The molecule has 0 saturated carbocycles. The first-order valence-electron chi connectivity index (χ1n) is 8.33. The average molecular weight is 360 g/mol. The maximum Gasteiger partial charge on any atom is 0.158 e. The minimum absolute atomic E-state index is 0.0319.